The number of hydrogen-bond acceptors (Lipinski definition) is 2. The second kappa shape index (κ2) is 5.35. The molecule has 21 heavy (non-hydrogen) atoms. The standard InChI is InChI=1S/C17H19NO3/c1-10-9-12(7-5-11(10)6-8-15(19)20)18-17(21)16-13-3-2-4-14(13)16/h5-9,13-14,16H,2-4H2,1H3,(H,18,21)(H,19,20)/b8-6+. The largest absolute Gasteiger partial charge is 0.478 e. The Morgan fingerprint density at radius 2 is 2.00 bits per heavy atom. The Bertz CT molecular complexity index is 610. The summed E-state index contributed by atoms with van der Waals surface area (Å²) in [6, 6.07) is 5.54. The number of nitrogens with one attached hydrogen (secondary N) is 1. The zero-order valence-electron chi connectivity index (χ0n) is 12.0. The Labute approximate surface area is 123 Å². The van der Waals surface area contributed by atoms with Gasteiger partial charge in [-0.15, -0.1) is 0 Å². The molecule has 2 aliphatic rings. The van der Waals surface area contributed by atoms with Gasteiger partial charge in [0.15, 0.2) is 0 Å². The Balaban J connectivity index is 1.65. The van der Waals surface area contributed by atoms with Gasteiger partial charge in [0.05, 0.1) is 0 Å². The SMILES string of the molecule is Cc1cc(NC(=O)C2C3CCCC32)ccc1/C=C/C(=O)O. The number of benzene rings is 1. The van der Waals surface area contributed by atoms with Gasteiger partial charge in [0.1, 0.15) is 0 Å². The second-order valence-electron chi connectivity index (χ2n) is 6.02. The van der Waals surface area contributed by atoms with E-state index in [1.165, 1.54) is 19.3 Å². The van der Waals surface area contributed by atoms with Crippen molar-refractivity contribution in [3.05, 3.63) is 35.4 Å². The predicted octanol–water partition coefficient (Wildman–Crippen LogP) is 3.08. The van der Waals surface area contributed by atoms with Crippen LogP contribution in [0, 0.1) is 24.7 Å². The minimum atomic E-state index is -0.966. The molecule has 0 bridgehead atoms. The van der Waals surface area contributed by atoms with Gasteiger partial charge in [0, 0.05) is 17.7 Å². The summed E-state index contributed by atoms with van der Waals surface area (Å²) < 4.78 is 0. The molecule has 110 valence electrons. The molecular formula is C17H19NO3. The number of rotatable bonds is 4. The number of aliphatic carboxylic acids is 1. The Morgan fingerprint density at radius 1 is 1.29 bits per heavy atom. The molecule has 3 rings (SSSR count). The fourth-order valence-corrected chi connectivity index (χ4v) is 3.54. The number of carboxylic acids is 1. The Kier molecular flexibility index (Phi) is 3.53. The number of carbonyl (C=O) groups excluding carboxylic acids is 1. The minimum Gasteiger partial charge on any atom is -0.478 e. The van der Waals surface area contributed by atoms with Gasteiger partial charge in [-0.25, -0.2) is 4.79 Å². The summed E-state index contributed by atoms with van der Waals surface area (Å²) in [5, 5.41) is 11.6. The zero-order valence-corrected chi connectivity index (χ0v) is 12.0. The molecule has 0 heterocycles. The van der Waals surface area contributed by atoms with Crippen molar-refractivity contribution >= 4 is 23.6 Å². The smallest absolute Gasteiger partial charge is 0.328 e. The maximum atomic E-state index is 12.2. The van der Waals surface area contributed by atoms with Gasteiger partial charge >= 0.3 is 5.97 Å². The summed E-state index contributed by atoms with van der Waals surface area (Å²) in [5.74, 6) is 0.614. The van der Waals surface area contributed by atoms with Crippen LogP contribution < -0.4 is 5.32 Å². The molecule has 2 N–H and O–H groups in total. The predicted molar refractivity (Wildman–Crippen MR) is 80.8 cm³/mol. The lowest BCUT2D eigenvalue weighted by molar-refractivity contribution is -0.131. The summed E-state index contributed by atoms with van der Waals surface area (Å²) in [6.45, 7) is 1.91. The minimum absolute atomic E-state index is 0.137. The van der Waals surface area contributed by atoms with E-state index in [0.29, 0.717) is 11.8 Å². The lowest BCUT2D eigenvalue weighted by Gasteiger charge is -2.09. The van der Waals surface area contributed by atoms with E-state index in [9.17, 15) is 9.59 Å². The highest BCUT2D eigenvalue weighted by molar-refractivity contribution is 5.95. The normalized spacial score (nSPS) is 26.6. The summed E-state index contributed by atoms with van der Waals surface area (Å²) in [4.78, 5) is 22.7. The molecule has 1 amide bonds. The lowest BCUT2D eigenvalue weighted by Crippen LogP contribution is -2.16. The molecule has 1 aromatic carbocycles. The fourth-order valence-electron chi connectivity index (χ4n) is 3.54. The molecule has 1 aromatic rings. The van der Waals surface area contributed by atoms with Crippen molar-refractivity contribution in [2.24, 2.45) is 17.8 Å². The second-order valence-corrected chi connectivity index (χ2v) is 6.02. The van der Waals surface area contributed by atoms with E-state index < -0.39 is 5.97 Å². The number of carboxylic acid groups (broad SMARTS) is 1. The molecule has 2 atom stereocenters. The molecule has 0 spiro atoms. The number of carbonyl (C=O) groups is 2. The van der Waals surface area contributed by atoms with Crippen LogP contribution in [0.25, 0.3) is 6.08 Å². The van der Waals surface area contributed by atoms with Gasteiger partial charge in [-0.2, -0.15) is 0 Å². The first kappa shape index (κ1) is 13.9. The number of aryl methyl sites for hydroxylation is 1. The van der Waals surface area contributed by atoms with Crippen LogP contribution in [0.2, 0.25) is 0 Å². The first-order valence-corrected chi connectivity index (χ1v) is 7.39. The maximum Gasteiger partial charge on any atom is 0.328 e. The molecule has 4 heteroatoms. The summed E-state index contributed by atoms with van der Waals surface area (Å²) in [7, 11) is 0. The van der Waals surface area contributed by atoms with E-state index in [4.69, 9.17) is 5.11 Å². The van der Waals surface area contributed by atoms with Crippen LogP contribution in [0.3, 0.4) is 0 Å². The summed E-state index contributed by atoms with van der Waals surface area (Å²) in [5.41, 5.74) is 2.58. The first-order chi connectivity index (χ1) is 10.1. The highest BCUT2D eigenvalue weighted by Crippen LogP contribution is 2.57. The maximum absolute atomic E-state index is 12.2. The molecule has 2 saturated carbocycles. The van der Waals surface area contributed by atoms with E-state index in [1.54, 1.807) is 6.08 Å². The van der Waals surface area contributed by atoms with Crippen LogP contribution >= 0.6 is 0 Å². The van der Waals surface area contributed by atoms with Crippen molar-refractivity contribution in [3.8, 4) is 0 Å². The van der Waals surface area contributed by atoms with E-state index in [1.807, 2.05) is 25.1 Å². The van der Waals surface area contributed by atoms with Gasteiger partial charge in [-0.3, -0.25) is 4.79 Å². The third-order valence-corrected chi connectivity index (χ3v) is 4.65. The van der Waals surface area contributed by atoms with Crippen LogP contribution in [0.4, 0.5) is 5.69 Å². The van der Waals surface area contributed by atoms with Crippen LogP contribution in [0.15, 0.2) is 24.3 Å². The highest BCUT2D eigenvalue weighted by Gasteiger charge is 2.56. The van der Waals surface area contributed by atoms with E-state index in [0.717, 1.165) is 22.9 Å². The monoisotopic (exact) mass is 285 g/mol. The van der Waals surface area contributed by atoms with E-state index in [2.05, 4.69) is 5.32 Å². The molecular weight excluding hydrogens is 266 g/mol. The van der Waals surface area contributed by atoms with Crippen LogP contribution in [-0.4, -0.2) is 17.0 Å². The Hall–Kier alpha value is -2.10. The molecule has 2 unspecified atom stereocenters. The topological polar surface area (TPSA) is 66.4 Å². The van der Waals surface area contributed by atoms with Gasteiger partial charge in [-0.05, 0) is 60.9 Å². The summed E-state index contributed by atoms with van der Waals surface area (Å²) in [6.07, 6.45) is 6.34. The molecule has 0 aliphatic heterocycles. The third-order valence-electron chi connectivity index (χ3n) is 4.65. The van der Waals surface area contributed by atoms with Crippen molar-refractivity contribution < 1.29 is 14.7 Å². The molecule has 2 fully saturated rings. The van der Waals surface area contributed by atoms with Gasteiger partial charge in [0.2, 0.25) is 5.91 Å². The molecule has 0 radical (unpaired) electrons. The van der Waals surface area contributed by atoms with Crippen molar-refractivity contribution in [1.82, 2.24) is 0 Å². The Morgan fingerprint density at radius 3 is 2.62 bits per heavy atom. The van der Waals surface area contributed by atoms with Gasteiger partial charge < -0.3 is 10.4 Å². The van der Waals surface area contributed by atoms with Crippen molar-refractivity contribution in [2.45, 2.75) is 26.2 Å². The molecule has 2 aliphatic carbocycles. The van der Waals surface area contributed by atoms with Crippen molar-refractivity contribution in [1.29, 1.82) is 0 Å². The molecule has 0 saturated heterocycles. The number of anilines is 1. The van der Waals surface area contributed by atoms with Crippen molar-refractivity contribution in [2.75, 3.05) is 5.32 Å². The van der Waals surface area contributed by atoms with E-state index >= 15 is 0 Å². The van der Waals surface area contributed by atoms with Crippen LogP contribution in [0.5, 0.6) is 0 Å². The summed E-state index contributed by atoms with van der Waals surface area (Å²) >= 11 is 0. The lowest BCUT2D eigenvalue weighted by atomic mass is 10.1. The highest BCUT2D eigenvalue weighted by atomic mass is 16.4. The first-order valence-electron chi connectivity index (χ1n) is 7.39. The number of hydrogen-bond donors (Lipinski definition) is 2. The fraction of sp³-hybridized carbons (Fsp3) is 0.412. The van der Waals surface area contributed by atoms with Gasteiger partial charge in [0.25, 0.3) is 0 Å². The number of amides is 1. The quantitative estimate of drug-likeness (QED) is 0.835. The van der Waals surface area contributed by atoms with Crippen LogP contribution in [0.1, 0.15) is 30.4 Å². The molecule has 0 aromatic heterocycles. The number of fused-ring (bicyclic) bond motifs is 1. The third kappa shape index (κ3) is 2.84. The van der Waals surface area contributed by atoms with E-state index in [-0.39, 0.29) is 11.8 Å². The average Bonchev–Trinajstić information content (AvgIpc) is 2.91. The van der Waals surface area contributed by atoms with Gasteiger partial charge in [-0.1, -0.05) is 12.5 Å². The van der Waals surface area contributed by atoms with Crippen molar-refractivity contribution in [3.63, 3.8) is 0 Å². The zero-order chi connectivity index (χ0) is 15.0. The average molecular weight is 285 g/mol. The van der Waals surface area contributed by atoms with Crippen LogP contribution in [-0.2, 0) is 9.59 Å². The molecule has 4 nitrogen and oxygen atoms in total.